The second kappa shape index (κ2) is 10.8. The molecule has 0 N–H and O–H groups in total. The van der Waals surface area contributed by atoms with Crippen molar-refractivity contribution in [1.82, 2.24) is 14.7 Å². The molecule has 3 aromatic rings. The number of rotatable bonds is 9. The van der Waals surface area contributed by atoms with Crippen molar-refractivity contribution in [3.8, 4) is 23.1 Å². The van der Waals surface area contributed by atoms with E-state index in [0.717, 1.165) is 49.0 Å². The van der Waals surface area contributed by atoms with E-state index in [-0.39, 0.29) is 17.9 Å². The second-order valence-corrected chi connectivity index (χ2v) is 9.07. The summed E-state index contributed by atoms with van der Waals surface area (Å²) >= 11 is 0. The first-order valence-electron chi connectivity index (χ1n) is 12.3. The van der Waals surface area contributed by atoms with Crippen LogP contribution < -0.4 is 9.47 Å². The highest BCUT2D eigenvalue weighted by molar-refractivity contribution is 5.79. The lowest BCUT2D eigenvalue weighted by Crippen LogP contribution is -2.41. The fourth-order valence-electron chi connectivity index (χ4n) is 4.63. The summed E-state index contributed by atoms with van der Waals surface area (Å²) in [4.78, 5) is 15.6. The molecule has 1 aliphatic rings. The van der Waals surface area contributed by atoms with Crippen LogP contribution in [0.4, 0.5) is 0 Å². The second-order valence-electron chi connectivity index (χ2n) is 9.07. The fourth-order valence-corrected chi connectivity index (χ4v) is 4.63. The van der Waals surface area contributed by atoms with Gasteiger partial charge in [0.2, 0.25) is 11.8 Å². The summed E-state index contributed by atoms with van der Waals surface area (Å²) in [6.45, 7) is 6.71. The highest BCUT2D eigenvalue weighted by Gasteiger charge is 2.32. The van der Waals surface area contributed by atoms with Crippen molar-refractivity contribution >= 4 is 5.91 Å². The van der Waals surface area contributed by atoms with Crippen LogP contribution in [0.5, 0.6) is 17.4 Å². The number of carbonyl (C=O) groups is 1. The van der Waals surface area contributed by atoms with Crippen molar-refractivity contribution in [1.29, 1.82) is 0 Å². The monoisotopic (exact) mass is 461 g/mol. The van der Waals surface area contributed by atoms with Crippen LogP contribution in [-0.2, 0) is 11.3 Å². The molecule has 0 unspecified atom stereocenters. The normalized spacial score (nSPS) is 14.7. The standard InChI is InChI=1S/C28H35N3O3/c1-5-20(2)30(27(32)22-13-9-10-14-22)19-24-21(3)29-31(23-15-7-6-8-16-23)28(24)34-26-18-12-11-17-25(26)33-4/h6-8,11-12,15-18,20,22H,5,9-10,13-14,19H2,1-4H3/t20-/m1/s1. The molecule has 180 valence electrons. The number of hydrogen-bond acceptors (Lipinski definition) is 4. The Balaban J connectivity index is 1.77. The molecule has 1 amide bonds. The van der Waals surface area contributed by atoms with E-state index in [4.69, 9.17) is 14.6 Å². The molecule has 34 heavy (non-hydrogen) atoms. The Kier molecular flexibility index (Phi) is 7.56. The lowest BCUT2D eigenvalue weighted by atomic mass is 10.0. The van der Waals surface area contributed by atoms with E-state index in [1.165, 1.54) is 0 Å². The lowest BCUT2D eigenvalue weighted by molar-refractivity contribution is -0.138. The van der Waals surface area contributed by atoms with E-state index < -0.39 is 0 Å². The lowest BCUT2D eigenvalue weighted by Gasteiger charge is -2.31. The SMILES string of the molecule is CC[C@@H](C)N(Cc1c(C)nn(-c2ccccc2)c1Oc1ccccc1OC)C(=O)C1CCCC1. The summed E-state index contributed by atoms with van der Waals surface area (Å²) in [6.07, 6.45) is 5.14. The number of nitrogens with zero attached hydrogens (tertiary/aromatic N) is 3. The molecule has 0 aliphatic heterocycles. The first-order valence-corrected chi connectivity index (χ1v) is 12.3. The van der Waals surface area contributed by atoms with Crippen LogP contribution in [0.2, 0.25) is 0 Å². The smallest absolute Gasteiger partial charge is 0.228 e. The first kappa shape index (κ1) is 23.9. The molecule has 1 aliphatic carbocycles. The Labute approximate surface area is 202 Å². The van der Waals surface area contributed by atoms with E-state index in [1.54, 1.807) is 7.11 Å². The van der Waals surface area contributed by atoms with Gasteiger partial charge in [0.05, 0.1) is 30.6 Å². The van der Waals surface area contributed by atoms with Gasteiger partial charge in [0.1, 0.15) is 0 Å². The van der Waals surface area contributed by atoms with Gasteiger partial charge in [-0.3, -0.25) is 4.79 Å². The van der Waals surface area contributed by atoms with Gasteiger partial charge in [-0.15, -0.1) is 0 Å². The van der Waals surface area contributed by atoms with Crippen LogP contribution in [-0.4, -0.2) is 33.7 Å². The van der Waals surface area contributed by atoms with Gasteiger partial charge in [-0.05, 0) is 57.4 Å². The van der Waals surface area contributed by atoms with E-state index in [1.807, 2.05) is 71.1 Å². The van der Waals surface area contributed by atoms with Crippen molar-refractivity contribution in [2.45, 2.75) is 65.5 Å². The van der Waals surface area contributed by atoms with Gasteiger partial charge in [0.15, 0.2) is 11.5 Å². The predicted octanol–water partition coefficient (Wildman–Crippen LogP) is 6.30. The molecule has 1 saturated carbocycles. The highest BCUT2D eigenvalue weighted by atomic mass is 16.5. The molecule has 4 rings (SSSR count). The minimum absolute atomic E-state index is 0.122. The molecular formula is C28H35N3O3. The zero-order valence-electron chi connectivity index (χ0n) is 20.7. The summed E-state index contributed by atoms with van der Waals surface area (Å²) in [5.74, 6) is 2.24. The zero-order chi connectivity index (χ0) is 24.1. The quantitative estimate of drug-likeness (QED) is 0.375. The Hall–Kier alpha value is -3.28. The predicted molar refractivity (Wildman–Crippen MR) is 134 cm³/mol. The summed E-state index contributed by atoms with van der Waals surface area (Å²) in [6, 6.07) is 17.7. The van der Waals surface area contributed by atoms with Gasteiger partial charge in [0, 0.05) is 12.0 Å². The molecule has 1 aromatic heterocycles. The summed E-state index contributed by atoms with van der Waals surface area (Å²) < 4.78 is 13.9. The molecule has 6 nitrogen and oxygen atoms in total. The topological polar surface area (TPSA) is 56.6 Å². The van der Waals surface area contributed by atoms with Crippen LogP contribution in [0.25, 0.3) is 5.69 Å². The molecule has 1 atom stereocenters. The minimum Gasteiger partial charge on any atom is -0.493 e. The van der Waals surface area contributed by atoms with Gasteiger partial charge < -0.3 is 14.4 Å². The molecule has 0 spiro atoms. The summed E-state index contributed by atoms with van der Waals surface area (Å²) in [7, 11) is 1.63. The highest BCUT2D eigenvalue weighted by Crippen LogP contribution is 2.37. The molecule has 0 saturated heterocycles. The van der Waals surface area contributed by atoms with E-state index in [0.29, 0.717) is 23.9 Å². The van der Waals surface area contributed by atoms with Gasteiger partial charge >= 0.3 is 0 Å². The summed E-state index contributed by atoms with van der Waals surface area (Å²) in [5, 5.41) is 4.84. The average molecular weight is 462 g/mol. The molecule has 1 fully saturated rings. The van der Waals surface area contributed by atoms with E-state index >= 15 is 0 Å². The van der Waals surface area contributed by atoms with Crippen LogP contribution >= 0.6 is 0 Å². The molecular weight excluding hydrogens is 426 g/mol. The third kappa shape index (κ3) is 4.96. The number of benzene rings is 2. The van der Waals surface area contributed by atoms with Crippen molar-refractivity contribution in [2.24, 2.45) is 5.92 Å². The van der Waals surface area contributed by atoms with Gasteiger partial charge in [-0.25, -0.2) is 4.68 Å². The van der Waals surface area contributed by atoms with Crippen LogP contribution in [0.15, 0.2) is 54.6 Å². The third-order valence-corrected chi connectivity index (χ3v) is 6.85. The average Bonchev–Trinajstić information content (AvgIpc) is 3.51. The number of aromatic nitrogens is 2. The Bertz CT molecular complexity index is 1100. The first-order chi connectivity index (χ1) is 16.5. The number of para-hydroxylation sites is 3. The minimum atomic E-state index is 0.122. The van der Waals surface area contributed by atoms with Crippen molar-refractivity contribution in [2.75, 3.05) is 7.11 Å². The van der Waals surface area contributed by atoms with Gasteiger partial charge in [-0.1, -0.05) is 50.1 Å². The van der Waals surface area contributed by atoms with Crippen molar-refractivity contribution in [3.05, 3.63) is 65.9 Å². The molecule has 1 heterocycles. The molecule has 0 radical (unpaired) electrons. The largest absolute Gasteiger partial charge is 0.493 e. The number of carbonyl (C=O) groups excluding carboxylic acids is 1. The number of amides is 1. The van der Waals surface area contributed by atoms with E-state index in [9.17, 15) is 4.79 Å². The van der Waals surface area contributed by atoms with Gasteiger partial charge in [0.25, 0.3) is 0 Å². The number of ether oxygens (including phenoxy) is 2. The molecule has 2 aromatic carbocycles. The Morgan fingerprint density at radius 2 is 1.74 bits per heavy atom. The maximum atomic E-state index is 13.5. The maximum Gasteiger partial charge on any atom is 0.228 e. The fraction of sp³-hybridized carbons (Fsp3) is 0.429. The number of methoxy groups -OCH3 is 1. The Morgan fingerprint density at radius 3 is 2.38 bits per heavy atom. The molecule has 0 bridgehead atoms. The van der Waals surface area contributed by atoms with E-state index in [2.05, 4.69) is 13.8 Å². The maximum absolute atomic E-state index is 13.5. The van der Waals surface area contributed by atoms with Gasteiger partial charge in [-0.2, -0.15) is 5.10 Å². The van der Waals surface area contributed by atoms with Crippen molar-refractivity contribution < 1.29 is 14.3 Å². The summed E-state index contributed by atoms with van der Waals surface area (Å²) in [5.41, 5.74) is 2.67. The Morgan fingerprint density at radius 1 is 1.09 bits per heavy atom. The van der Waals surface area contributed by atoms with Crippen LogP contribution in [0.1, 0.15) is 57.2 Å². The molecule has 6 heteroatoms. The zero-order valence-corrected chi connectivity index (χ0v) is 20.7. The van der Waals surface area contributed by atoms with Crippen LogP contribution in [0.3, 0.4) is 0 Å². The number of hydrogen-bond donors (Lipinski definition) is 0. The number of aryl methyl sites for hydroxylation is 1. The third-order valence-electron chi connectivity index (χ3n) is 6.85. The van der Waals surface area contributed by atoms with Crippen molar-refractivity contribution in [3.63, 3.8) is 0 Å². The van der Waals surface area contributed by atoms with Crippen LogP contribution in [0, 0.1) is 12.8 Å².